The van der Waals surface area contributed by atoms with E-state index in [0.29, 0.717) is 23.9 Å². The van der Waals surface area contributed by atoms with Crippen LogP contribution in [0.3, 0.4) is 0 Å². The molecule has 198 valence electrons. The molecule has 3 fully saturated rings. The molecule has 3 amide bonds. The van der Waals surface area contributed by atoms with E-state index in [1.807, 2.05) is 0 Å². The highest BCUT2D eigenvalue weighted by atomic mass is 16.5. The molecule has 2 heterocycles. The Balaban J connectivity index is 1.34. The molecule has 1 aromatic carbocycles. The van der Waals surface area contributed by atoms with Gasteiger partial charge in [0, 0.05) is 24.8 Å². The van der Waals surface area contributed by atoms with Crippen molar-refractivity contribution in [3.8, 4) is 5.75 Å². The van der Waals surface area contributed by atoms with E-state index in [1.165, 1.54) is 24.8 Å². The number of nitrogens with zero attached hydrogens (tertiary/aromatic N) is 4. The third-order valence-electron chi connectivity index (χ3n) is 9.01. The number of pyridine rings is 1. The van der Waals surface area contributed by atoms with Crippen molar-refractivity contribution in [2.24, 2.45) is 5.92 Å². The van der Waals surface area contributed by atoms with Gasteiger partial charge in [-0.05, 0) is 70.2 Å². The standard InChI is InChI=1S/C29H39N5O3/c1-32(2)29(23-10-5-4-6-11-23)15-13-28(14-16-29)21-33(27(36)34(28)19-22-8-7-9-22)20-26(35)31-24-12-17-30-18-25(24)37-3/h4-6,10-12,17-18,22H,7-9,13-16,19-21H2,1-3H3,(H,30,31,35)/t28-,29-. The Hall–Kier alpha value is -3.13. The summed E-state index contributed by atoms with van der Waals surface area (Å²) in [6.07, 6.45) is 10.6. The van der Waals surface area contributed by atoms with Crippen LogP contribution in [0, 0.1) is 5.92 Å². The Morgan fingerprint density at radius 2 is 1.86 bits per heavy atom. The summed E-state index contributed by atoms with van der Waals surface area (Å²) in [7, 11) is 5.88. The number of amides is 3. The van der Waals surface area contributed by atoms with Crippen molar-refractivity contribution in [2.75, 3.05) is 46.2 Å². The van der Waals surface area contributed by atoms with Crippen molar-refractivity contribution >= 4 is 17.6 Å². The van der Waals surface area contributed by atoms with Gasteiger partial charge in [0.1, 0.15) is 6.54 Å². The number of ether oxygens (including phenoxy) is 1. The molecule has 1 saturated heterocycles. The van der Waals surface area contributed by atoms with Crippen LogP contribution in [0.1, 0.15) is 50.5 Å². The number of anilines is 1. The van der Waals surface area contributed by atoms with Crippen LogP contribution in [0.25, 0.3) is 0 Å². The predicted octanol–water partition coefficient (Wildman–Crippen LogP) is 4.34. The number of urea groups is 1. The van der Waals surface area contributed by atoms with E-state index in [1.54, 1.807) is 30.5 Å². The van der Waals surface area contributed by atoms with E-state index in [4.69, 9.17) is 4.74 Å². The van der Waals surface area contributed by atoms with Crippen molar-refractivity contribution in [3.63, 3.8) is 0 Å². The van der Waals surface area contributed by atoms with Gasteiger partial charge in [0.25, 0.3) is 0 Å². The first kappa shape index (κ1) is 25.5. The SMILES string of the molecule is COc1cnccc1NC(=O)CN1C[C@]2(CC[C@@](c3ccccc3)(N(C)C)CC2)N(CC2CCC2)C1=O. The van der Waals surface area contributed by atoms with Gasteiger partial charge in [0.05, 0.1) is 24.5 Å². The van der Waals surface area contributed by atoms with Gasteiger partial charge in [0.2, 0.25) is 5.91 Å². The molecular formula is C29H39N5O3. The minimum atomic E-state index is -0.227. The summed E-state index contributed by atoms with van der Waals surface area (Å²) in [5, 5.41) is 2.90. The van der Waals surface area contributed by atoms with Gasteiger partial charge in [-0.25, -0.2) is 4.79 Å². The van der Waals surface area contributed by atoms with E-state index in [2.05, 4.69) is 64.5 Å². The number of hydrogen-bond donors (Lipinski definition) is 1. The Morgan fingerprint density at radius 1 is 1.14 bits per heavy atom. The molecule has 5 rings (SSSR count). The van der Waals surface area contributed by atoms with E-state index >= 15 is 0 Å². The maximum atomic E-state index is 13.8. The second-order valence-electron chi connectivity index (χ2n) is 11.2. The normalized spacial score (nSPS) is 26.0. The minimum Gasteiger partial charge on any atom is -0.493 e. The number of rotatable bonds is 8. The van der Waals surface area contributed by atoms with Crippen LogP contribution in [0.4, 0.5) is 10.5 Å². The third kappa shape index (κ3) is 4.79. The highest BCUT2D eigenvalue weighted by Gasteiger charge is 2.55. The van der Waals surface area contributed by atoms with Crippen molar-refractivity contribution in [1.29, 1.82) is 0 Å². The Bertz CT molecular complexity index is 1110. The third-order valence-corrected chi connectivity index (χ3v) is 9.01. The molecule has 0 unspecified atom stereocenters. The maximum Gasteiger partial charge on any atom is 0.321 e. The summed E-state index contributed by atoms with van der Waals surface area (Å²) in [5.74, 6) is 0.853. The fourth-order valence-corrected chi connectivity index (χ4v) is 6.52. The predicted molar refractivity (Wildman–Crippen MR) is 143 cm³/mol. The van der Waals surface area contributed by atoms with Gasteiger partial charge >= 0.3 is 6.03 Å². The zero-order valence-electron chi connectivity index (χ0n) is 22.3. The van der Waals surface area contributed by atoms with Crippen LogP contribution in [-0.4, -0.2) is 78.0 Å². The van der Waals surface area contributed by atoms with Crippen LogP contribution < -0.4 is 10.1 Å². The monoisotopic (exact) mass is 505 g/mol. The summed E-state index contributed by atoms with van der Waals surface area (Å²) < 4.78 is 5.31. The summed E-state index contributed by atoms with van der Waals surface area (Å²) in [6.45, 7) is 1.43. The summed E-state index contributed by atoms with van der Waals surface area (Å²) in [6, 6.07) is 12.5. The molecule has 1 spiro atoms. The zero-order chi connectivity index (χ0) is 26.0. The van der Waals surface area contributed by atoms with E-state index in [-0.39, 0.29) is 29.6 Å². The van der Waals surface area contributed by atoms with Crippen molar-refractivity contribution in [1.82, 2.24) is 19.7 Å². The second-order valence-corrected chi connectivity index (χ2v) is 11.2. The summed E-state index contributed by atoms with van der Waals surface area (Å²) in [5.41, 5.74) is 1.63. The van der Waals surface area contributed by atoms with E-state index < -0.39 is 0 Å². The average Bonchev–Trinajstić information content (AvgIpc) is 3.12. The summed E-state index contributed by atoms with van der Waals surface area (Å²) >= 11 is 0. The highest BCUT2D eigenvalue weighted by molar-refractivity contribution is 5.96. The number of nitrogens with one attached hydrogen (secondary N) is 1. The molecule has 8 nitrogen and oxygen atoms in total. The molecule has 1 N–H and O–H groups in total. The number of aromatic nitrogens is 1. The quantitative estimate of drug-likeness (QED) is 0.578. The molecule has 1 aromatic heterocycles. The van der Waals surface area contributed by atoms with E-state index in [0.717, 1.165) is 32.2 Å². The van der Waals surface area contributed by atoms with Crippen LogP contribution in [0.2, 0.25) is 0 Å². The van der Waals surface area contributed by atoms with E-state index in [9.17, 15) is 9.59 Å². The lowest BCUT2D eigenvalue weighted by molar-refractivity contribution is -0.116. The van der Waals surface area contributed by atoms with Crippen LogP contribution in [0.15, 0.2) is 48.8 Å². The lowest BCUT2D eigenvalue weighted by Crippen LogP contribution is -2.56. The molecule has 0 radical (unpaired) electrons. The average molecular weight is 506 g/mol. The molecule has 2 aromatic rings. The smallest absolute Gasteiger partial charge is 0.321 e. The lowest BCUT2D eigenvalue weighted by atomic mass is 9.68. The Kier molecular flexibility index (Phi) is 7.12. The molecule has 1 aliphatic heterocycles. The fourth-order valence-electron chi connectivity index (χ4n) is 6.52. The summed E-state index contributed by atoms with van der Waals surface area (Å²) in [4.78, 5) is 37.1. The number of carbonyl (C=O) groups excluding carboxylic acids is 2. The van der Waals surface area contributed by atoms with Gasteiger partial charge in [-0.2, -0.15) is 0 Å². The lowest BCUT2D eigenvalue weighted by Gasteiger charge is -2.51. The highest BCUT2D eigenvalue weighted by Crippen LogP contribution is 2.49. The Morgan fingerprint density at radius 3 is 2.49 bits per heavy atom. The molecule has 2 aliphatic carbocycles. The second kappa shape index (κ2) is 10.3. The number of hydrogen-bond acceptors (Lipinski definition) is 5. The van der Waals surface area contributed by atoms with Crippen LogP contribution in [-0.2, 0) is 10.3 Å². The minimum absolute atomic E-state index is 0.000748. The van der Waals surface area contributed by atoms with Gasteiger partial charge in [-0.1, -0.05) is 36.8 Å². The van der Waals surface area contributed by atoms with Gasteiger partial charge < -0.3 is 19.9 Å². The molecule has 2 saturated carbocycles. The maximum absolute atomic E-state index is 13.8. The van der Waals surface area contributed by atoms with Gasteiger partial charge in [-0.15, -0.1) is 0 Å². The molecule has 0 atom stereocenters. The number of methoxy groups -OCH3 is 1. The molecule has 0 bridgehead atoms. The first-order valence-corrected chi connectivity index (χ1v) is 13.4. The number of carbonyl (C=O) groups is 2. The largest absolute Gasteiger partial charge is 0.493 e. The Labute approximate surface area is 220 Å². The molecule has 3 aliphatic rings. The molecule has 37 heavy (non-hydrogen) atoms. The topological polar surface area (TPSA) is 78.0 Å². The zero-order valence-corrected chi connectivity index (χ0v) is 22.3. The van der Waals surface area contributed by atoms with Gasteiger partial charge in [0.15, 0.2) is 5.75 Å². The molecule has 8 heteroatoms. The van der Waals surface area contributed by atoms with Crippen molar-refractivity contribution in [2.45, 2.75) is 56.0 Å². The number of benzene rings is 1. The van der Waals surface area contributed by atoms with Crippen molar-refractivity contribution < 1.29 is 14.3 Å². The van der Waals surface area contributed by atoms with Crippen molar-refractivity contribution in [3.05, 3.63) is 54.4 Å². The first-order chi connectivity index (χ1) is 17.9. The van der Waals surface area contributed by atoms with Crippen LogP contribution >= 0.6 is 0 Å². The fraction of sp³-hybridized carbons (Fsp3) is 0.552. The van der Waals surface area contributed by atoms with Gasteiger partial charge in [-0.3, -0.25) is 14.7 Å². The first-order valence-electron chi connectivity index (χ1n) is 13.4. The van der Waals surface area contributed by atoms with Crippen LogP contribution in [0.5, 0.6) is 5.75 Å². The molecular weight excluding hydrogens is 466 g/mol.